The molecule has 1 heterocycles. The first-order valence-corrected chi connectivity index (χ1v) is 11.8. The number of hydrogen-bond acceptors (Lipinski definition) is 6. The molecular formula is C27H25ClFN3O4S. The van der Waals surface area contributed by atoms with Crippen LogP contribution in [0.3, 0.4) is 0 Å². The molecule has 0 unspecified atom stereocenters. The Kier molecular flexibility index (Phi) is 9.71. The molecule has 3 aromatic rings. The number of nitrogens with zero attached hydrogens (tertiary/aromatic N) is 2. The van der Waals surface area contributed by atoms with Crippen molar-refractivity contribution >= 4 is 46.8 Å². The standard InChI is InChI=1S/C27H24FN3O4S.ClH/c1-34-22-11-3-18(4-12-22)16-29-27-31(17-19-5-13-23(35-2)14-6-19)26(33)24(36-27)15-25(32)30-21-9-7-20(28)8-10-21;/h3-15H,16-17H2,1-2H3,(H,30,32);1H. The van der Waals surface area contributed by atoms with Crippen molar-refractivity contribution in [2.45, 2.75) is 13.1 Å². The minimum absolute atomic E-state index is 0. The molecule has 1 aliphatic rings. The van der Waals surface area contributed by atoms with E-state index < -0.39 is 11.7 Å². The minimum Gasteiger partial charge on any atom is -0.497 e. The van der Waals surface area contributed by atoms with E-state index in [0.717, 1.165) is 28.6 Å². The van der Waals surface area contributed by atoms with Crippen molar-refractivity contribution in [3.63, 3.8) is 0 Å². The summed E-state index contributed by atoms with van der Waals surface area (Å²) in [5.74, 6) is 0.249. The van der Waals surface area contributed by atoms with Gasteiger partial charge in [-0.05, 0) is 71.4 Å². The van der Waals surface area contributed by atoms with Gasteiger partial charge in [-0.1, -0.05) is 24.3 Å². The predicted octanol–water partition coefficient (Wildman–Crippen LogP) is 5.42. The van der Waals surface area contributed by atoms with Gasteiger partial charge in [-0.25, -0.2) is 4.39 Å². The zero-order valence-corrected chi connectivity index (χ0v) is 21.8. The zero-order chi connectivity index (χ0) is 25.5. The molecule has 0 aliphatic carbocycles. The lowest BCUT2D eigenvalue weighted by Crippen LogP contribution is -2.29. The highest BCUT2D eigenvalue weighted by Gasteiger charge is 2.34. The van der Waals surface area contributed by atoms with Gasteiger partial charge in [0, 0.05) is 11.8 Å². The van der Waals surface area contributed by atoms with Gasteiger partial charge in [0.05, 0.1) is 32.2 Å². The molecule has 0 saturated carbocycles. The quantitative estimate of drug-likeness (QED) is 0.385. The van der Waals surface area contributed by atoms with Crippen LogP contribution < -0.4 is 14.8 Å². The number of anilines is 1. The Balaban J connectivity index is 0.00000380. The molecule has 1 aliphatic heterocycles. The lowest BCUT2D eigenvalue weighted by Gasteiger charge is -2.16. The van der Waals surface area contributed by atoms with Gasteiger partial charge in [-0.2, -0.15) is 0 Å². The molecule has 0 bridgehead atoms. The maximum atomic E-state index is 13.3. The topological polar surface area (TPSA) is 80.2 Å². The molecule has 1 N–H and O–H groups in total. The van der Waals surface area contributed by atoms with Gasteiger partial charge in [0.25, 0.3) is 5.91 Å². The normalized spacial score (nSPS) is 15.0. The molecule has 2 amide bonds. The number of aliphatic imine (C=N–C) groups is 1. The number of carbonyl (C=O) groups is 2. The summed E-state index contributed by atoms with van der Waals surface area (Å²) < 4.78 is 23.5. The van der Waals surface area contributed by atoms with Crippen molar-refractivity contribution in [2.24, 2.45) is 4.99 Å². The Morgan fingerprint density at radius 1 is 0.946 bits per heavy atom. The van der Waals surface area contributed by atoms with E-state index in [1.54, 1.807) is 19.1 Å². The van der Waals surface area contributed by atoms with Gasteiger partial charge in [0.1, 0.15) is 17.3 Å². The second-order valence-electron chi connectivity index (χ2n) is 7.79. The van der Waals surface area contributed by atoms with E-state index in [9.17, 15) is 14.0 Å². The van der Waals surface area contributed by atoms with Crippen LogP contribution in [-0.2, 0) is 22.7 Å². The summed E-state index contributed by atoms with van der Waals surface area (Å²) in [6.07, 6.45) is 1.24. The highest BCUT2D eigenvalue weighted by atomic mass is 35.5. The smallest absolute Gasteiger partial charge is 0.267 e. The Labute approximate surface area is 224 Å². The van der Waals surface area contributed by atoms with Crippen LogP contribution in [0.4, 0.5) is 10.1 Å². The van der Waals surface area contributed by atoms with E-state index >= 15 is 0 Å². The highest BCUT2D eigenvalue weighted by Crippen LogP contribution is 2.33. The molecule has 3 aromatic carbocycles. The van der Waals surface area contributed by atoms with Crippen LogP contribution in [0.1, 0.15) is 11.1 Å². The van der Waals surface area contributed by atoms with Crippen LogP contribution in [0.25, 0.3) is 0 Å². The molecule has 37 heavy (non-hydrogen) atoms. The third kappa shape index (κ3) is 7.34. The Bertz CT molecular complexity index is 1300. The molecule has 1 fully saturated rings. The summed E-state index contributed by atoms with van der Waals surface area (Å²) in [4.78, 5) is 32.3. The number of methoxy groups -OCH3 is 2. The summed E-state index contributed by atoms with van der Waals surface area (Å²) in [6.45, 7) is 0.641. The number of halogens is 2. The van der Waals surface area contributed by atoms with Gasteiger partial charge in [-0.3, -0.25) is 19.5 Å². The molecule has 0 aromatic heterocycles. The Hall–Kier alpha value is -3.82. The van der Waals surface area contributed by atoms with Gasteiger partial charge >= 0.3 is 0 Å². The van der Waals surface area contributed by atoms with E-state index in [1.165, 1.54) is 30.3 Å². The number of nitrogens with one attached hydrogen (secondary N) is 1. The van der Waals surface area contributed by atoms with Gasteiger partial charge < -0.3 is 14.8 Å². The summed E-state index contributed by atoms with van der Waals surface area (Å²) in [5, 5.41) is 3.14. The van der Waals surface area contributed by atoms with Crippen molar-refractivity contribution in [2.75, 3.05) is 19.5 Å². The number of rotatable bonds is 8. The summed E-state index contributed by atoms with van der Waals surface area (Å²) in [7, 11) is 3.20. The largest absolute Gasteiger partial charge is 0.497 e. The van der Waals surface area contributed by atoms with Gasteiger partial charge in [0.15, 0.2) is 5.17 Å². The molecule has 7 nitrogen and oxygen atoms in total. The summed E-state index contributed by atoms with van der Waals surface area (Å²) in [6, 6.07) is 20.3. The van der Waals surface area contributed by atoms with E-state index in [2.05, 4.69) is 10.3 Å². The van der Waals surface area contributed by atoms with Crippen molar-refractivity contribution in [1.82, 2.24) is 4.90 Å². The van der Waals surface area contributed by atoms with Gasteiger partial charge in [-0.15, -0.1) is 12.4 Å². The summed E-state index contributed by atoms with van der Waals surface area (Å²) in [5.41, 5.74) is 2.27. The molecular weight excluding hydrogens is 517 g/mol. The first-order chi connectivity index (χ1) is 17.4. The van der Waals surface area contributed by atoms with E-state index in [0.29, 0.717) is 23.1 Å². The van der Waals surface area contributed by atoms with Crippen molar-refractivity contribution < 1.29 is 23.5 Å². The monoisotopic (exact) mass is 541 g/mol. The molecule has 0 spiro atoms. The second kappa shape index (κ2) is 12.9. The molecule has 10 heteroatoms. The Morgan fingerprint density at radius 3 is 2.08 bits per heavy atom. The van der Waals surface area contributed by atoms with Crippen LogP contribution in [0.5, 0.6) is 11.5 Å². The maximum absolute atomic E-state index is 13.3. The summed E-state index contributed by atoms with van der Waals surface area (Å²) >= 11 is 1.14. The van der Waals surface area contributed by atoms with Gasteiger partial charge in [0.2, 0.25) is 5.91 Å². The van der Waals surface area contributed by atoms with Crippen molar-refractivity contribution in [3.05, 3.63) is 101 Å². The fourth-order valence-corrected chi connectivity index (χ4v) is 4.35. The fourth-order valence-electron chi connectivity index (χ4n) is 3.40. The zero-order valence-electron chi connectivity index (χ0n) is 20.1. The average molecular weight is 542 g/mol. The SMILES string of the molecule is COc1ccc(CN=C2SC(=CC(=O)Nc3ccc(F)cc3)C(=O)N2Cc2ccc(OC)cc2)cc1.Cl. The number of thioether (sulfide) groups is 1. The molecule has 1 saturated heterocycles. The number of amidine groups is 1. The number of ether oxygens (including phenoxy) is 2. The van der Waals surface area contributed by atoms with Crippen LogP contribution in [-0.4, -0.2) is 36.1 Å². The maximum Gasteiger partial charge on any atom is 0.267 e. The highest BCUT2D eigenvalue weighted by molar-refractivity contribution is 8.18. The van der Waals surface area contributed by atoms with E-state index in [-0.39, 0.29) is 29.8 Å². The number of amides is 2. The number of benzene rings is 3. The van der Waals surface area contributed by atoms with Crippen LogP contribution >= 0.6 is 24.2 Å². The van der Waals surface area contributed by atoms with E-state index in [4.69, 9.17) is 9.47 Å². The number of hydrogen-bond donors (Lipinski definition) is 1. The van der Waals surface area contributed by atoms with Crippen LogP contribution in [0, 0.1) is 5.82 Å². The van der Waals surface area contributed by atoms with Crippen LogP contribution in [0.15, 0.2) is 88.8 Å². The predicted molar refractivity (Wildman–Crippen MR) is 146 cm³/mol. The first-order valence-electron chi connectivity index (χ1n) is 11.0. The fraction of sp³-hybridized carbons (Fsp3) is 0.148. The molecule has 192 valence electrons. The minimum atomic E-state index is -0.488. The molecule has 4 rings (SSSR count). The average Bonchev–Trinajstić information content (AvgIpc) is 3.18. The van der Waals surface area contributed by atoms with E-state index in [1.807, 2.05) is 48.5 Å². The lowest BCUT2D eigenvalue weighted by atomic mass is 10.2. The van der Waals surface area contributed by atoms with Crippen molar-refractivity contribution in [1.29, 1.82) is 0 Å². The third-order valence-electron chi connectivity index (χ3n) is 5.32. The second-order valence-corrected chi connectivity index (χ2v) is 8.80. The number of carbonyl (C=O) groups excluding carboxylic acids is 2. The Morgan fingerprint density at radius 2 is 1.51 bits per heavy atom. The third-order valence-corrected chi connectivity index (χ3v) is 6.36. The van der Waals surface area contributed by atoms with Crippen LogP contribution in [0.2, 0.25) is 0 Å². The van der Waals surface area contributed by atoms with Crippen molar-refractivity contribution in [3.8, 4) is 11.5 Å². The molecule has 0 atom stereocenters. The lowest BCUT2D eigenvalue weighted by molar-refractivity contribution is -0.123. The molecule has 0 radical (unpaired) electrons. The first kappa shape index (κ1) is 27.8.